The van der Waals surface area contributed by atoms with Crippen LogP contribution in [0.3, 0.4) is 0 Å². The fourth-order valence-corrected chi connectivity index (χ4v) is 2.99. The molecule has 1 unspecified atom stereocenters. The highest BCUT2D eigenvalue weighted by Crippen LogP contribution is 2.10. The molecular weight excluding hydrogens is 342 g/mol. The zero-order valence-corrected chi connectivity index (χ0v) is 18.0. The first-order valence-corrected chi connectivity index (χ1v) is 10.6. The topological polar surface area (TPSA) is 66.4 Å². The van der Waals surface area contributed by atoms with Gasteiger partial charge >= 0.3 is 5.97 Å². The van der Waals surface area contributed by atoms with E-state index in [2.05, 4.69) is 19.1 Å². The summed E-state index contributed by atoms with van der Waals surface area (Å²) in [6.07, 6.45) is 15.7. The Hall–Kier alpha value is -1.36. The average molecular weight is 384 g/mol. The number of carbonyl (C=O) groups excluding carboxylic acids is 2. The molecule has 0 N–H and O–H groups in total. The lowest BCUT2D eigenvalue weighted by molar-refractivity contribution is -0.873. The summed E-state index contributed by atoms with van der Waals surface area (Å²) in [5.41, 5.74) is 0. The van der Waals surface area contributed by atoms with Crippen molar-refractivity contribution in [3.05, 3.63) is 12.2 Å². The lowest BCUT2D eigenvalue weighted by atomic mass is 10.1. The minimum Gasteiger partial charge on any atom is -0.550 e. The summed E-state index contributed by atoms with van der Waals surface area (Å²) in [5.74, 6) is -1.50. The number of rotatable bonds is 17. The van der Waals surface area contributed by atoms with Gasteiger partial charge in [0.25, 0.3) is 0 Å². The molecule has 158 valence electrons. The van der Waals surface area contributed by atoms with Crippen LogP contribution in [-0.2, 0) is 14.3 Å². The molecule has 1 atom stereocenters. The van der Waals surface area contributed by atoms with E-state index in [1.54, 1.807) is 0 Å². The Balaban J connectivity index is 3.79. The van der Waals surface area contributed by atoms with Crippen LogP contribution in [0.5, 0.6) is 0 Å². The van der Waals surface area contributed by atoms with E-state index in [1.807, 2.05) is 21.1 Å². The van der Waals surface area contributed by atoms with E-state index in [4.69, 9.17) is 4.74 Å². The number of allylic oxidation sites excluding steroid dienone is 2. The fraction of sp³-hybridized carbons (Fsp3) is 0.818. The van der Waals surface area contributed by atoms with Crippen molar-refractivity contribution in [1.29, 1.82) is 0 Å². The summed E-state index contributed by atoms with van der Waals surface area (Å²) >= 11 is 0. The number of hydrogen-bond donors (Lipinski definition) is 0. The molecule has 0 aliphatic heterocycles. The van der Waals surface area contributed by atoms with Gasteiger partial charge in [-0.1, -0.05) is 51.2 Å². The van der Waals surface area contributed by atoms with Crippen molar-refractivity contribution in [3.8, 4) is 0 Å². The highest BCUT2D eigenvalue weighted by molar-refractivity contribution is 5.70. The van der Waals surface area contributed by atoms with Gasteiger partial charge in [0.05, 0.1) is 21.1 Å². The number of quaternary nitrogens is 1. The molecule has 0 fully saturated rings. The van der Waals surface area contributed by atoms with Crippen LogP contribution in [0.4, 0.5) is 0 Å². The molecule has 0 amide bonds. The highest BCUT2D eigenvalue weighted by Gasteiger charge is 2.22. The zero-order chi connectivity index (χ0) is 20.5. The van der Waals surface area contributed by atoms with Gasteiger partial charge in [0, 0.05) is 18.8 Å². The number of unbranched alkanes of at least 4 members (excludes halogenated alkanes) is 8. The molecule has 0 saturated heterocycles. The third kappa shape index (κ3) is 19.2. The number of carboxylic acids is 1. The molecule has 0 aliphatic carbocycles. The molecule has 0 aromatic rings. The van der Waals surface area contributed by atoms with Crippen molar-refractivity contribution < 1.29 is 23.9 Å². The molecule has 0 rings (SSSR count). The summed E-state index contributed by atoms with van der Waals surface area (Å²) < 4.78 is 5.88. The number of carboxylic acid groups (broad SMARTS) is 1. The molecule has 0 radical (unpaired) electrons. The van der Waals surface area contributed by atoms with Crippen LogP contribution in [0.25, 0.3) is 0 Å². The molecule has 0 aromatic carbocycles. The Morgan fingerprint density at radius 1 is 0.926 bits per heavy atom. The largest absolute Gasteiger partial charge is 0.550 e. The first-order chi connectivity index (χ1) is 12.7. The van der Waals surface area contributed by atoms with Gasteiger partial charge < -0.3 is 19.1 Å². The van der Waals surface area contributed by atoms with E-state index in [-0.39, 0.29) is 12.4 Å². The van der Waals surface area contributed by atoms with Gasteiger partial charge in [0.1, 0.15) is 6.54 Å². The smallest absolute Gasteiger partial charge is 0.306 e. The van der Waals surface area contributed by atoms with Crippen LogP contribution in [0.1, 0.15) is 84.0 Å². The summed E-state index contributed by atoms with van der Waals surface area (Å²) in [6, 6.07) is 0. The van der Waals surface area contributed by atoms with Gasteiger partial charge in [-0.3, -0.25) is 4.79 Å². The number of hydrogen-bond acceptors (Lipinski definition) is 4. The van der Waals surface area contributed by atoms with E-state index in [0.29, 0.717) is 17.4 Å². The quantitative estimate of drug-likeness (QED) is 0.167. The van der Waals surface area contributed by atoms with Crippen molar-refractivity contribution in [2.75, 3.05) is 27.7 Å². The molecule has 5 nitrogen and oxygen atoms in total. The molecule has 27 heavy (non-hydrogen) atoms. The number of carbonyl (C=O) groups is 2. The molecule has 0 aliphatic rings. The van der Waals surface area contributed by atoms with Gasteiger partial charge in [-0.2, -0.15) is 0 Å². The molecule has 0 spiro atoms. The molecule has 0 bridgehead atoms. The minimum absolute atomic E-state index is 0.248. The number of esters is 1. The van der Waals surface area contributed by atoms with E-state index in [9.17, 15) is 14.7 Å². The maximum Gasteiger partial charge on any atom is 0.306 e. The summed E-state index contributed by atoms with van der Waals surface area (Å²) in [4.78, 5) is 22.8. The predicted molar refractivity (Wildman–Crippen MR) is 108 cm³/mol. The number of likely N-dealkylation sites (N-methyl/N-ethyl adjacent to an activating group) is 1. The summed E-state index contributed by atoms with van der Waals surface area (Å²) in [7, 11) is 5.81. The van der Waals surface area contributed by atoms with Crippen molar-refractivity contribution in [1.82, 2.24) is 0 Å². The molecular formula is C22H41NO4. The lowest BCUT2D eigenvalue weighted by Crippen LogP contribution is -2.45. The van der Waals surface area contributed by atoms with Crippen LogP contribution >= 0.6 is 0 Å². The standard InChI is InChI=1S/C22H41NO4/c1-5-6-7-8-9-10-11-12-13-14-15-16-17-22(26)27-20(18-21(24)25)19-23(2,3)4/h12-13,20H,5-11,14-19H2,1-4H3. The third-order valence-electron chi connectivity index (χ3n) is 4.34. The Labute approximate surface area is 166 Å². The maximum atomic E-state index is 11.9. The second kappa shape index (κ2) is 15.7. The summed E-state index contributed by atoms with van der Waals surface area (Å²) in [6.45, 7) is 2.69. The van der Waals surface area contributed by atoms with E-state index in [0.717, 1.165) is 25.7 Å². The van der Waals surface area contributed by atoms with Crippen molar-refractivity contribution >= 4 is 11.9 Å². The molecule has 5 heteroatoms. The monoisotopic (exact) mass is 383 g/mol. The first kappa shape index (κ1) is 25.6. The molecule has 0 saturated carbocycles. The number of aliphatic carboxylic acids is 1. The van der Waals surface area contributed by atoms with Crippen molar-refractivity contribution in [2.45, 2.75) is 90.1 Å². The highest BCUT2D eigenvalue weighted by atomic mass is 16.5. The maximum absolute atomic E-state index is 11.9. The van der Waals surface area contributed by atoms with E-state index >= 15 is 0 Å². The van der Waals surface area contributed by atoms with Gasteiger partial charge in [-0.05, 0) is 32.1 Å². The van der Waals surface area contributed by atoms with Gasteiger partial charge in [-0.15, -0.1) is 0 Å². The number of nitrogens with zero attached hydrogens (tertiary/aromatic N) is 1. The van der Waals surface area contributed by atoms with Crippen molar-refractivity contribution in [3.63, 3.8) is 0 Å². The first-order valence-electron chi connectivity index (χ1n) is 10.6. The molecule has 0 aromatic heterocycles. The lowest BCUT2D eigenvalue weighted by Gasteiger charge is -2.29. The summed E-state index contributed by atoms with van der Waals surface area (Å²) in [5, 5.41) is 10.8. The molecule has 0 heterocycles. The van der Waals surface area contributed by atoms with Gasteiger partial charge in [0.2, 0.25) is 0 Å². The SMILES string of the molecule is CCCCCCCCC=CCCCCC(=O)OC(CC(=O)[O-])C[N+](C)(C)C. The van der Waals surface area contributed by atoms with E-state index in [1.165, 1.54) is 38.5 Å². The van der Waals surface area contributed by atoms with Crippen LogP contribution in [0.15, 0.2) is 12.2 Å². The minimum atomic E-state index is -1.18. The average Bonchev–Trinajstić information content (AvgIpc) is 2.53. The van der Waals surface area contributed by atoms with Crippen LogP contribution in [0.2, 0.25) is 0 Å². The van der Waals surface area contributed by atoms with Crippen LogP contribution in [0, 0.1) is 0 Å². The zero-order valence-electron chi connectivity index (χ0n) is 18.0. The van der Waals surface area contributed by atoms with Crippen LogP contribution < -0.4 is 5.11 Å². The van der Waals surface area contributed by atoms with Crippen LogP contribution in [-0.4, -0.2) is 50.2 Å². The Kier molecular flexibility index (Phi) is 14.9. The van der Waals surface area contributed by atoms with Crippen molar-refractivity contribution in [2.24, 2.45) is 0 Å². The fourth-order valence-electron chi connectivity index (χ4n) is 2.99. The third-order valence-corrected chi connectivity index (χ3v) is 4.34. The Morgan fingerprint density at radius 3 is 2.04 bits per heavy atom. The normalized spacial score (nSPS) is 13.0. The second-order valence-corrected chi connectivity index (χ2v) is 8.43. The predicted octanol–water partition coefficient (Wildman–Crippen LogP) is 3.61. The number of ether oxygens (including phenoxy) is 1. The van der Waals surface area contributed by atoms with Gasteiger partial charge in [0.15, 0.2) is 6.10 Å². The second-order valence-electron chi connectivity index (χ2n) is 8.43. The Morgan fingerprint density at radius 2 is 1.48 bits per heavy atom. The van der Waals surface area contributed by atoms with E-state index < -0.39 is 12.1 Å². The Bertz CT molecular complexity index is 427. The van der Waals surface area contributed by atoms with Gasteiger partial charge in [-0.25, -0.2) is 0 Å².